The summed E-state index contributed by atoms with van der Waals surface area (Å²) in [5.74, 6) is -1.45. The van der Waals surface area contributed by atoms with Crippen LogP contribution in [0.15, 0.2) is 36.4 Å². The summed E-state index contributed by atoms with van der Waals surface area (Å²) in [5.41, 5.74) is 0.462. The second-order valence-electron chi connectivity index (χ2n) is 3.57. The number of methoxy groups -OCH3 is 1. The van der Waals surface area contributed by atoms with Gasteiger partial charge in [0.05, 0.1) is 18.4 Å². The average Bonchev–Trinajstić information content (AvgIpc) is 2.38. The Balaban J connectivity index is 2.60. The minimum atomic E-state index is -1.12. The van der Waals surface area contributed by atoms with Gasteiger partial charge in [-0.1, -0.05) is 12.1 Å². The third-order valence-corrected chi connectivity index (χ3v) is 2.41. The van der Waals surface area contributed by atoms with E-state index in [1.807, 2.05) is 0 Å². The van der Waals surface area contributed by atoms with Gasteiger partial charge in [-0.05, 0) is 18.2 Å². The van der Waals surface area contributed by atoms with Crippen molar-refractivity contribution >= 4 is 5.97 Å². The van der Waals surface area contributed by atoms with E-state index in [0.717, 1.165) is 0 Å². The van der Waals surface area contributed by atoms with Crippen LogP contribution in [0.1, 0.15) is 10.4 Å². The Labute approximate surface area is 103 Å². The van der Waals surface area contributed by atoms with Crippen molar-refractivity contribution in [3.05, 3.63) is 47.8 Å². The molecule has 0 aliphatic carbocycles. The molecule has 0 amide bonds. The Hall–Kier alpha value is -2.43. The van der Waals surface area contributed by atoms with Crippen molar-refractivity contribution in [1.82, 2.24) is 4.98 Å². The van der Waals surface area contributed by atoms with Crippen LogP contribution in [0.2, 0.25) is 0 Å². The second-order valence-corrected chi connectivity index (χ2v) is 3.57. The third kappa shape index (κ3) is 2.29. The van der Waals surface area contributed by atoms with E-state index in [1.165, 1.54) is 31.4 Å². The number of carboxylic acid groups (broad SMARTS) is 1. The maximum atomic E-state index is 13.6. The number of carboxylic acids is 1. The normalized spacial score (nSPS) is 10.1. The van der Waals surface area contributed by atoms with Gasteiger partial charge in [0.1, 0.15) is 5.82 Å². The number of hydrogen-bond acceptors (Lipinski definition) is 3. The number of hydrogen-bond donors (Lipinski definition) is 1. The van der Waals surface area contributed by atoms with Gasteiger partial charge in [-0.2, -0.15) is 0 Å². The molecule has 0 fully saturated rings. The molecule has 2 aromatic rings. The standard InChI is InChI=1S/C13H10FNO3/c1-18-12-7-8(13(16)17)6-11(15-12)9-4-2-3-5-10(9)14/h2-7H,1H3,(H,16,17). The van der Waals surface area contributed by atoms with Crippen LogP contribution in [0.4, 0.5) is 4.39 Å². The highest BCUT2D eigenvalue weighted by Crippen LogP contribution is 2.24. The van der Waals surface area contributed by atoms with Gasteiger partial charge >= 0.3 is 5.97 Å². The first-order valence-electron chi connectivity index (χ1n) is 5.16. The van der Waals surface area contributed by atoms with Gasteiger partial charge < -0.3 is 9.84 Å². The molecule has 0 aliphatic heterocycles. The predicted molar refractivity (Wildman–Crippen MR) is 63.1 cm³/mol. The first-order chi connectivity index (χ1) is 8.61. The van der Waals surface area contributed by atoms with Gasteiger partial charge in [0.15, 0.2) is 0 Å². The van der Waals surface area contributed by atoms with Crippen molar-refractivity contribution in [2.75, 3.05) is 7.11 Å². The third-order valence-electron chi connectivity index (χ3n) is 2.41. The van der Waals surface area contributed by atoms with Crippen molar-refractivity contribution in [2.24, 2.45) is 0 Å². The molecule has 4 nitrogen and oxygen atoms in total. The van der Waals surface area contributed by atoms with Crippen molar-refractivity contribution in [3.63, 3.8) is 0 Å². The number of rotatable bonds is 3. The SMILES string of the molecule is COc1cc(C(=O)O)cc(-c2ccccc2F)n1. The molecular formula is C13H10FNO3. The second kappa shape index (κ2) is 4.83. The number of nitrogens with zero attached hydrogens (tertiary/aromatic N) is 1. The van der Waals surface area contributed by atoms with Gasteiger partial charge in [-0.3, -0.25) is 0 Å². The van der Waals surface area contributed by atoms with E-state index in [1.54, 1.807) is 12.1 Å². The van der Waals surface area contributed by atoms with E-state index < -0.39 is 11.8 Å². The lowest BCUT2D eigenvalue weighted by molar-refractivity contribution is 0.0696. The Bertz CT molecular complexity index is 599. The van der Waals surface area contributed by atoms with Crippen LogP contribution in [-0.2, 0) is 0 Å². The van der Waals surface area contributed by atoms with Crippen LogP contribution in [0.25, 0.3) is 11.3 Å². The highest BCUT2D eigenvalue weighted by Gasteiger charge is 2.12. The molecule has 0 saturated carbocycles. The molecule has 0 saturated heterocycles. The minimum absolute atomic E-state index is 0.0000954. The lowest BCUT2D eigenvalue weighted by Gasteiger charge is -2.06. The molecular weight excluding hydrogens is 237 g/mol. The Morgan fingerprint density at radius 3 is 2.67 bits per heavy atom. The summed E-state index contributed by atoms with van der Waals surface area (Å²) < 4.78 is 18.5. The fourth-order valence-electron chi connectivity index (χ4n) is 1.54. The van der Waals surface area contributed by atoms with Crippen LogP contribution >= 0.6 is 0 Å². The molecule has 18 heavy (non-hydrogen) atoms. The van der Waals surface area contributed by atoms with Gasteiger partial charge in [0.2, 0.25) is 5.88 Å². The van der Waals surface area contributed by atoms with Gasteiger partial charge in [-0.25, -0.2) is 14.2 Å². The number of carbonyl (C=O) groups is 1. The lowest BCUT2D eigenvalue weighted by atomic mass is 10.1. The zero-order valence-electron chi connectivity index (χ0n) is 9.55. The minimum Gasteiger partial charge on any atom is -0.481 e. The van der Waals surface area contributed by atoms with Crippen molar-refractivity contribution in [1.29, 1.82) is 0 Å². The van der Waals surface area contributed by atoms with Crippen LogP contribution in [-0.4, -0.2) is 23.2 Å². The molecule has 1 heterocycles. The molecule has 1 aromatic carbocycles. The molecule has 1 N–H and O–H groups in total. The highest BCUT2D eigenvalue weighted by molar-refractivity contribution is 5.89. The van der Waals surface area contributed by atoms with Crippen LogP contribution in [0.5, 0.6) is 5.88 Å². The van der Waals surface area contributed by atoms with E-state index >= 15 is 0 Å². The maximum absolute atomic E-state index is 13.6. The van der Waals surface area contributed by atoms with Crippen LogP contribution < -0.4 is 4.74 Å². The molecule has 0 spiro atoms. The molecule has 2 rings (SSSR count). The maximum Gasteiger partial charge on any atom is 0.335 e. The largest absolute Gasteiger partial charge is 0.481 e. The van der Waals surface area contributed by atoms with Gasteiger partial charge in [-0.15, -0.1) is 0 Å². The van der Waals surface area contributed by atoms with Crippen LogP contribution in [0.3, 0.4) is 0 Å². The van der Waals surface area contributed by atoms with E-state index in [0.29, 0.717) is 0 Å². The number of halogens is 1. The molecule has 0 atom stereocenters. The number of ether oxygens (including phenoxy) is 1. The molecule has 5 heteroatoms. The number of benzene rings is 1. The number of pyridine rings is 1. The summed E-state index contributed by atoms with van der Waals surface area (Å²) in [6.45, 7) is 0. The quantitative estimate of drug-likeness (QED) is 0.905. The summed E-state index contributed by atoms with van der Waals surface area (Å²) in [7, 11) is 1.37. The van der Waals surface area contributed by atoms with E-state index in [4.69, 9.17) is 9.84 Å². The zero-order chi connectivity index (χ0) is 13.1. The lowest BCUT2D eigenvalue weighted by Crippen LogP contribution is -2.00. The van der Waals surface area contributed by atoms with Crippen LogP contribution in [0, 0.1) is 5.82 Å². The predicted octanol–water partition coefficient (Wildman–Crippen LogP) is 2.59. The summed E-state index contributed by atoms with van der Waals surface area (Å²) in [5, 5.41) is 8.97. The summed E-state index contributed by atoms with van der Waals surface area (Å²) >= 11 is 0. The molecule has 92 valence electrons. The Morgan fingerprint density at radius 2 is 2.06 bits per heavy atom. The average molecular weight is 247 g/mol. The summed E-state index contributed by atoms with van der Waals surface area (Å²) in [4.78, 5) is 15.0. The summed E-state index contributed by atoms with van der Waals surface area (Å²) in [6.07, 6.45) is 0. The Morgan fingerprint density at radius 1 is 1.33 bits per heavy atom. The fourth-order valence-corrected chi connectivity index (χ4v) is 1.54. The summed E-state index contributed by atoms with van der Waals surface area (Å²) in [6, 6.07) is 8.62. The first kappa shape index (κ1) is 12.0. The smallest absolute Gasteiger partial charge is 0.335 e. The molecule has 0 radical (unpaired) electrons. The topological polar surface area (TPSA) is 59.4 Å². The van der Waals surface area contributed by atoms with Gasteiger partial charge in [0, 0.05) is 11.6 Å². The molecule has 1 aromatic heterocycles. The van der Waals surface area contributed by atoms with Crippen molar-refractivity contribution < 1.29 is 19.0 Å². The number of aromatic carboxylic acids is 1. The van der Waals surface area contributed by atoms with E-state index in [2.05, 4.69) is 4.98 Å². The monoisotopic (exact) mass is 247 g/mol. The van der Waals surface area contributed by atoms with E-state index in [-0.39, 0.29) is 22.7 Å². The highest BCUT2D eigenvalue weighted by atomic mass is 19.1. The molecule has 0 aliphatic rings. The number of aromatic nitrogens is 1. The zero-order valence-corrected chi connectivity index (χ0v) is 9.55. The van der Waals surface area contributed by atoms with E-state index in [9.17, 15) is 9.18 Å². The van der Waals surface area contributed by atoms with Crippen molar-refractivity contribution in [2.45, 2.75) is 0 Å². The fraction of sp³-hybridized carbons (Fsp3) is 0.0769. The Kier molecular flexibility index (Phi) is 3.23. The van der Waals surface area contributed by atoms with Gasteiger partial charge in [0.25, 0.3) is 0 Å². The first-order valence-corrected chi connectivity index (χ1v) is 5.16. The van der Waals surface area contributed by atoms with Crippen molar-refractivity contribution in [3.8, 4) is 17.1 Å². The molecule has 0 bridgehead atoms. The molecule has 0 unspecified atom stereocenters.